The summed E-state index contributed by atoms with van der Waals surface area (Å²) < 4.78 is 0. The van der Waals surface area contributed by atoms with Gasteiger partial charge in [-0.2, -0.15) is 0 Å². The second-order valence-electron chi connectivity index (χ2n) is 6.78. The highest BCUT2D eigenvalue weighted by molar-refractivity contribution is 5.78. The molecule has 0 aromatic rings. The van der Waals surface area contributed by atoms with Gasteiger partial charge in [0.25, 0.3) is 0 Å². The largest absolute Gasteiger partial charge is 0.339 e. The molecule has 1 aliphatic carbocycles. The van der Waals surface area contributed by atoms with Gasteiger partial charge in [0.2, 0.25) is 5.91 Å². The van der Waals surface area contributed by atoms with Crippen molar-refractivity contribution in [2.75, 3.05) is 19.6 Å². The molecule has 1 heterocycles. The highest BCUT2D eigenvalue weighted by Crippen LogP contribution is 2.23. The molecule has 4 heteroatoms. The fourth-order valence-electron chi connectivity index (χ4n) is 3.98. The molecule has 1 amide bonds. The number of nitrogens with zero attached hydrogens (tertiary/aromatic N) is 2. The predicted octanol–water partition coefficient (Wildman–Crippen LogP) is 2.37. The maximum atomic E-state index is 12.7. The number of likely N-dealkylation sites (tertiary alicyclic amines) is 1. The van der Waals surface area contributed by atoms with Gasteiger partial charge in [0.1, 0.15) is 0 Å². The van der Waals surface area contributed by atoms with Crippen LogP contribution >= 0.6 is 0 Å². The van der Waals surface area contributed by atoms with Crippen LogP contribution in [0.1, 0.15) is 65.2 Å². The van der Waals surface area contributed by atoms with E-state index in [-0.39, 0.29) is 0 Å². The highest BCUT2D eigenvalue weighted by atomic mass is 16.2. The molecule has 4 nitrogen and oxygen atoms in total. The number of piperidine rings is 1. The molecule has 1 unspecified atom stereocenters. The maximum absolute atomic E-state index is 12.7. The van der Waals surface area contributed by atoms with Crippen molar-refractivity contribution in [1.29, 1.82) is 0 Å². The molecule has 1 atom stereocenters. The topological polar surface area (TPSA) is 49.6 Å². The summed E-state index contributed by atoms with van der Waals surface area (Å²) in [6, 6.07) is 1.41. The zero-order valence-corrected chi connectivity index (χ0v) is 13.9. The van der Waals surface area contributed by atoms with Crippen LogP contribution in [0.4, 0.5) is 0 Å². The molecule has 2 aliphatic rings. The predicted molar refractivity (Wildman–Crippen MR) is 87.1 cm³/mol. The third-order valence-electron chi connectivity index (χ3n) is 5.42. The van der Waals surface area contributed by atoms with E-state index in [0.717, 1.165) is 45.2 Å². The van der Waals surface area contributed by atoms with Crippen LogP contribution in [0.25, 0.3) is 0 Å². The van der Waals surface area contributed by atoms with E-state index in [0.29, 0.717) is 30.6 Å². The lowest BCUT2D eigenvalue weighted by atomic mass is 9.90. The number of nitrogens with two attached hydrogens (primary N) is 1. The Bertz CT molecular complexity index is 326. The monoisotopic (exact) mass is 295 g/mol. The summed E-state index contributed by atoms with van der Waals surface area (Å²) in [5, 5.41) is 0. The molecular weight excluding hydrogens is 262 g/mol. The van der Waals surface area contributed by atoms with Crippen molar-refractivity contribution in [2.45, 2.75) is 83.3 Å². The molecule has 2 fully saturated rings. The fraction of sp³-hybridized carbons (Fsp3) is 0.941. The summed E-state index contributed by atoms with van der Waals surface area (Å²) in [7, 11) is 0. The maximum Gasteiger partial charge on any atom is 0.237 e. The van der Waals surface area contributed by atoms with Crippen LogP contribution in [0.3, 0.4) is 0 Å². The third kappa shape index (κ3) is 4.43. The van der Waals surface area contributed by atoms with E-state index >= 15 is 0 Å². The number of amides is 1. The van der Waals surface area contributed by atoms with Crippen LogP contribution in [0.15, 0.2) is 0 Å². The van der Waals surface area contributed by atoms with E-state index in [1.165, 1.54) is 19.3 Å². The minimum Gasteiger partial charge on any atom is -0.339 e. The number of carbonyl (C=O) groups is 1. The molecule has 21 heavy (non-hydrogen) atoms. The molecule has 0 aromatic heterocycles. The van der Waals surface area contributed by atoms with Gasteiger partial charge in [-0.1, -0.05) is 13.8 Å². The number of hydrogen-bond acceptors (Lipinski definition) is 3. The standard InChI is InChI=1S/C17H33N3O/c1-3-15-7-5-6-12-20(15)17(21)13-19(4-2)16-10-8-14(18)9-11-16/h14-16H,3-13,18H2,1-2H3. The molecular formula is C17H33N3O. The Morgan fingerprint density at radius 2 is 1.86 bits per heavy atom. The van der Waals surface area contributed by atoms with Crippen molar-refractivity contribution in [3.8, 4) is 0 Å². The lowest BCUT2D eigenvalue weighted by Gasteiger charge is -2.39. The van der Waals surface area contributed by atoms with Crippen LogP contribution in [0.5, 0.6) is 0 Å². The van der Waals surface area contributed by atoms with E-state index in [1.54, 1.807) is 0 Å². The number of likely N-dealkylation sites (N-methyl/N-ethyl adjacent to an activating group) is 1. The Labute approximate surface area is 130 Å². The van der Waals surface area contributed by atoms with Crippen LogP contribution in [-0.2, 0) is 4.79 Å². The highest BCUT2D eigenvalue weighted by Gasteiger charge is 2.29. The van der Waals surface area contributed by atoms with Crippen molar-refractivity contribution in [2.24, 2.45) is 5.73 Å². The fourth-order valence-corrected chi connectivity index (χ4v) is 3.98. The first-order valence-corrected chi connectivity index (χ1v) is 8.94. The molecule has 1 aliphatic heterocycles. The van der Waals surface area contributed by atoms with Crippen molar-refractivity contribution in [3.63, 3.8) is 0 Å². The molecule has 122 valence electrons. The van der Waals surface area contributed by atoms with Gasteiger partial charge in [-0.05, 0) is 57.9 Å². The molecule has 0 bridgehead atoms. The van der Waals surface area contributed by atoms with Crippen molar-refractivity contribution in [3.05, 3.63) is 0 Å². The summed E-state index contributed by atoms with van der Waals surface area (Å²) in [4.78, 5) is 17.2. The average Bonchev–Trinajstić information content (AvgIpc) is 2.53. The van der Waals surface area contributed by atoms with E-state index < -0.39 is 0 Å². The van der Waals surface area contributed by atoms with Gasteiger partial charge in [-0.15, -0.1) is 0 Å². The minimum atomic E-state index is 0.346. The van der Waals surface area contributed by atoms with Gasteiger partial charge in [-0.3, -0.25) is 9.69 Å². The quantitative estimate of drug-likeness (QED) is 0.847. The second kappa shape index (κ2) is 8.14. The molecule has 0 radical (unpaired) electrons. The number of hydrogen-bond donors (Lipinski definition) is 1. The van der Waals surface area contributed by atoms with Crippen molar-refractivity contribution in [1.82, 2.24) is 9.80 Å². The summed E-state index contributed by atoms with van der Waals surface area (Å²) in [5.41, 5.74) is 6.00. The van der Waals surface area contributed by atoms with Gasteiger partial charge in [-0.25, -0.2) is 0 Å². The molecule has 1 saturated heterocycles. The first kappa shape index (κ1) is 16.8. The lowest BCUT2D eigenvalue weighted by Crippen LogP contribution is -2.50. The van der Waals surface area contributed by atoms with E-state index in [9.17, 15) is 4.79 Å². The summed E-state index contributed by atoms with van der Waals surface area (Å²) in [6.45, 7) is 6.92. The zero-order valence-electron chi connectivity index (χ0n) is 13.9. The van der Waals surface area contributed by atoms with E-state index in [4.69, 9.17) is 5.73 Å². The molecule has 2 N–H and O–H groups in total. The van der Waals surface area contributed by atoms with Crippen molar-refractivity contribution >= 4 is 5.91 Å². The molecule has 2 rings (SSSR count). The van der Waals surface area contributed by atoms with Crippen molar-refractivity contribution < 1.29 is 4.79 Å². The van der Waals surface area contributed by atoms with Crippen LogP contribution in [0.2, 0.25) is 0 Å². The van der Waals surface area contributed by atoms with Crippen LogP contribution in [0, 0.1) is 0 Å². The summed E-state index contributed by atoms with van der Waals surface area (Å²) in [5.74, 6) is 0.346. The van der Waals surface area contributed by atoms with Crippen LogP contribution in [-0.4, -0.2) is 53.5 Å². The Morgan fingerprint density at radius 3 is 2.48 bits per heavy atom. The van der Waals surface area contributed by atoms with Crippen LogP contribution < -0.4 is 5.73 Å². The lowest BCUT2D eigenvalue weighted by molar-refractivity contribution is -0.136. The Morgan fingerprint density at radius 1 is 1.14 bits per heavy atom. The van der Waals surface area contributed by atoms with Gasteiger partial charge >= 0.3 is 0 Å². The smallest absolute Gasteiger partial charge is 0.237 e. The summed E-state index contributed by atoms with van der Waals surface area (Å²) >= 11 is 0. The number of carbonyl (C=O) groups excluding carboxylic acids is 1. The zero-order chi connectivity index (χ0) is 15.2. The Kier molecular flexibility index (Phi) is 6.49. The first-order valence-electron chi connectivity index (χ1n) is 8.94. The van der Waals surface area contributed by atoms with E-state index in [2.05, 4.69) is 23.6 Å². The minimum absolute atomic E-state index is 0.346. The van der Waals surface area contributed by atoms with Gasteiger partial charge in [0.05, 0.1) is 6.54 Å². The number of rotatable bonds is 5. The first-order chi connectivity index (χ1) is 10.2. The Balaban J connectivity index is 1.89. The summed E-state index contributed by atoms with van der Waals surface area (Å²) in [6.07, 6.45) is 9.25. The van der Waals surface area contributed by atoms with E-state index in [1.807, 2.05) is 0 Å². The van der Waals surface area contributed by atoms with Gasteiger partial charge < -0.3 is 10.6 Å². The van der Waals surface area contributed by atoms with Gasteiger partial charge in [0, 0.05) is 24.7 Å². The SMILES string of the molecule is CCC1CCCCN1C(=O)CN(CC)C1CCC(N)CC1. The normalized spacial score (nSPS) is 30.7. The second-order valence-corrected chi connectivity index (χ2v) is 6.78. The Hall–Kier alpha value is -0.610. The average molecular weight is 295 g/mol. The molecule has 0 spiro atoms. The van der Waals surface area contributed by atoms with Gasteiger partial charge in [0.15, 0.2) is 0 Å². The third-order valence-corrected chi connectivity index (χ3v) is 5.42. The molecule has 1 saturated carbocycles. The molecule has 0 aromatic carbocycles.